The number of anilines is 1. The number of ether oxygens (including phenoxy) is 2. The second-order valence-corrected chi connectivity index (χ2v) is 4.90. The molecular formula is C16H18ClNO2. The number of rotatable bonds is 5. The van der Waals surface area contributed by atoms with Crippen LogP contribution in [0.15, 0.2) is 36.4 Å². The first-order valence-electron chi connectivity index (χ1n) is 6.35. The Hall–Kier alpha value is -1.87. The van der Waals surface area contributed by atoms with Gasteiger partial charge in [0.25, 0.3) is 0 Å². The molecule has 2 aromatic rings. The van der Waals surface area contributed by atoms with Gasteiger partial charge in [0.05, 0.1) is 24.9 Å². The second-order valence-electron chi connectivity index (χ2n) is 4.49. The molecule has 106 valence electrons. The number of nitrogens with one attached hydrogen (secondary N) is 1. The molecule has 0 saturated heterocycles. The van der Waals surface area contributed by atoms with Crippen molar-refractivity contribution in [2.75, 3.05) is 19.5 Å². The van der Waals surface area contributed by atoms with E-state index in [1.165, 1.54) is 0 Å². The highest BCUT2D eigenvalue weighted by Crippen LogP contribution is 2.31. The van der Waals surface area contributed by atoms with Gasteiger partial charge in [-0.2, -0.15) is 0 Å². The van der Waals surface area contributed by atoms with Crippen molar-refractivity contribution in [3.63, 3.8) is 0 Å². The Labute approximate surface area is 124 Å². The number of benzene rings is 2. The highest BCUT2D eigenvalue weighted by atomic mass is 35.5. The fourth-order valence-electron chi connectivity index (χ4n) is 2.05. The SMILES string of the molecule is COc1cccc(CNc2ccc(C)cc2Cl)c1OC. The first-order valence-corrected chi connectivity index (χ1v) is 6.73. The number of halogens is 1. The van der Waals surface area contributed by atoms with Gasteiger partial charge < -0.3 is 14.8 Å². The summed E-state index contributed by atoms with van der Waals surface area (Å²) in [6.45, 7) is 2.63. The molecule has 0 aromatic heterocycles. The monoisotopic (exact) mass is 291 g/mol. The Bertz CT molecular complexity index is 599. The largest absolute Gasteiger partial charge is 0.493 e. The summed E-state index contributed by atoms with van der Waals surface area (Å²) in [6.07, 6.45) is 0. The molecule has 0 amide bonds. The molecule has 2 rings (SSSR count). The smallest absolute Gasteiger partial charge is 0.165 e. The zero-order valence-electron chi connectivity index (χ0n) is 11.9. The number of hydrogen-bond donors (Lipinski definition) is 1. The van der Waals surface area contributed by atoms with Crippen molar-refractivity contribution >= 4 is 17.3 Å². The first-order chi connectivity index (χ1) is 9.65. The molecule has 3 nitrogen and oxygen atoms in total. The van der Waals surface area contributed by atoms with E-state index in [-0.39, 0.29) is 0 Å². The molecule has 0 radical (unpaired) electrons. The lowest BCUT2D eigenvalue weighted by atomic mass is 10.1. The van der Waals surface area contributed by atoms with Crippen LogP contribution >= 0.6 is 11.6 Å². The van der Waals surface area contributed by atoms with Crippen molar-refractivity contribution in [1.29, 1.82) is 0 Å². The predicted molar refractivity (Wildman–Crippen MR) is 83.1 cm³/mol. The second kappa shape index (κ2) is 6.53. The van der Waals surface area contributed by atoms with Crippen LogP contribution in [0.5, 0.6) is 11.5 Å². The molecule has 0 aliphatic rings. The van der Waals surface area contributed by atoms with Gasteiger partial charge in [-0.25, -0.2) is 0 Å². The van der Waals surface area contributed by atoms with Crippen molar-refractivity contribution in [2.45, 2.75) is 13.5 Å². The average Bonchev–Trinajstić information content (AvgIpc) is 2.45. The molecule has 4 heteroatoms. The van der Waals surface area contributed by atoms with Crippen molar-refractivity contribution < 1.29 is 9.47 Å². The van der Waals surface area contributed by atoms with Gasteiger partial charge >= 0.3 is 0 Å². The van der Waals surface area contributed by atoms with Crippen LogP contribution in [0.3, 0.4) is 0 Å². The van der Waals surface area contributed by atoms with Crippen molar-refractivity contribution in [3.8, 4) is 11.5 Å². The lowest BCUT2D eigenvalue weighted by Crippen LogP contribution is -2.03. The third-order valence-corrected chi connectivity index (χ3v) is 3.39. The summed E-state index contributed by atoms with van der Waals surface area (Å²) in [6, 6.07) is 11.8. The quantitative estimate of drug-likeness (QED) is 0.892. The minimum atomic E-state index is 0.614. The van der Waals surface area contributed by atoms with E-state index in [4.69, 9.17) is 21.1 Å². The van der Waals surface area contributed by atoms with Crippen LogP contribution in [-0.4, -0.2) is 14.2 Å². The Morgan fingerprint density at radius 1 is 1.10 bits per heavy atom. The molecule has 2 aromatic carbocycles. The van der Waals surface area contributed by atoms with Crippen molar-refractivity contribution in [2.24, 2.45) is 0 Å². The maximum Gasteiger partial charge on any atom is 0.165 e. The molecule has 0 fully saturated rings. The maximum atomic E-state index is 6.21. The van der Waals surface area contributed by atoms with E-state index >= 15 is 0 Å². The van der Waals surface area contributed by atoms with E-state index in [0.29, 0.717) is 11.6 Å². The standard InChI is InChI=1S/C16H18ClNO2/c1-11-7-8-14(13(17)9-11)18-10-12-5-4-6-15(19-2)16(12)20-3/h4-9,18H,10H2,1-3H3. The predicted octanol–water partition coefficient (Wildman–Crippen LogP) is 4.28. The van der Waals surface area contributed by atoms with Gasteiger partial charge in [0.1, 0.15) is 0 Å². The molecule has 0 spiro atoms. The summed E-state index contributed by atoms with van der Waals surface area (Å²) >= 11 is 6.21. The lowest BCUT2D eigenvalue weighted by molar-refractivity contribution is 0.352. The van der Waals surface area contributed by atoms with Gasteiger partial charge in [0, 0.05) is 12.1 Å². The molecular weight excluding hydrogens is 274 g/mol. The van der Waals surface area contributed by atoms with Crippen molar-refractivity contribution in [3.05, 3.63) is 52.5 Å². The van der Waals surface area contributed by atoms with Gasteiger partial charge in [0.2, 0.25) is 0 Å². The van der Waals surface area contributed by atoms with E-state index in [0.717, 1.165) is 28.3 Å². The Balaban J connectivity index is 2.18. The average molecular weight is 292 g/mol. The molecule has 0 aliphatic carbocycles. The summed E-state index contributed by atoms with van der Waals surface area (Å²) in [5, 5.41) is 4.03. The summed E-state index contributed by atoms with van der Waals surface area (Å²) in [4.78, 5) is 0. The molecule has 0 bridgehead atoms. The van der Waals surface area contributed by atoms with E-state index in [9.17, 15) is 0 Å². The normalized spacial score (nSPS) is 10.2. The molecule has 0 atom stereocenters. The molecule has 0 saturated carbocycles. The fraction of sp³-hybridized carbons (Fsp3) is 0.250. The fourth-order valence-corrected chi connectivity index (χ4v) is 2.35. The minimum absolute atomic E-state index is 0.614. The van der Waals surface area contributed by atoms with E-state index < -0.39 is 0 Å². The van der Waals surface area contributed by atoms with Crippen LogP contribution < -0.4 is 14.8 Å². The first kappa shape index (κ1) is 14.5. The highest BCUT2D eigenvalue weighted by molar-refractivity contribution is 6.33. The van der Waals surface area contributed by atoms with Crippen LogP contribution in [-0.2, 0) is 6.54 Å². The zero-order valence-corrected chi connectivity index (χ0v) is 12.6. The maximum absolute atomic E-state index is 6.21. The van der Waals surface area contributed by atoms with Crippen LogP contribution in [0.2, 0.25) is 5.02 Å². The van der Waals surface area contributed by atoms with Gasteiger partial charge in [-0.15, -0.1) is 0 Å². The Kier molecular flexibility index (Phi) is 4.74. The zero-order chi connectivity index (χ0) is 14.5. The Morgan fingerprint density at radius 3 is 2.55 bits per heavy atom. The third-order valence-electron chi connectivity index (χ3n) is 3.08. The number of para-hydroxylation sites is 1. The van der Waals surface area contributed by atoms with Crippen molar-refractivity contribution in [1.82, 2.24) is 0 Å². The summed E-state index contributed by atoms with van der Waals surface area (Å²) < 4.78 is 10.7. The number of hydrogen-bond acceptors (Lipinski definition) is 3. The summed E-state index contributed by atoms with van der Waals surface area (Å²) in [5.41, 5.74) is 3.06. The third kappa shape index (κ3) is 3.17. The van der Waals surface area contributed by atoms with Crippen LogP contribution in [0.25, 0.3) is 0 Å². The number of aryl methyl sites for hydroxylation is 1. The summed E-state index contributed by atoms with van der Waals surface area (Å²) in [7, 11) is 3.27. The molecule has 1 N–H and O–H groups in total. The van der Waals surface area contributed by atoms with Gasteiger partial charge in [0.15, 0.2) is 11.5 Å². The molecule has 0 heterocycles. The molecule has 0 unspecified atom stereocenters. The Morgan fingerprint density at radius 2 is 1.90 bits per heavy atom. The minimum Gasteiger partial charge on any atom is -0.493 e. The van der Waals surface area contributed by atoms with Crippen LogP contribution in [0, 0.1) is 6.92 Å². The molecule has 20 heavy (non-hydrogen) atoms. The number of methoxy groups -OCH3 is 2. The van der Waals surface area contributed by atoms with Crippen LogP contribution in [0.4, 0.5) is 5.69 Å². The van der Waals surface area contributed by atoms with E-state index in [2.05, 4.69) is 5.32 Å². The highest BCUT2D eigenvalue weighted by Gasteiger charge is 2.09. The lowest BCUT2D eigenvalue weighted by Gasteiger charge is -2.14. The topological polar surface area (TPSA) is 30.5 Å². The van der Waals surface area contributed by atoms with E-state index in [1.54, 1.807) is 14.2 Å². The van der Waals surface area contributed by atoms with E-state index in [1.807, 2.05) is 43.3 Å². The van der Waals surface area contributed by atoms with Gasteiger partial charge in [-0.3, -0.25) is 0 Å². The van der Waals surface area contributed by atoms with Gasteiger partial charge in [-0.1, -0.05) is 29.8 Å². The van der Waals surface area contributed by atoms with Crippen LogP contribution in [0.1, 0.15) is 11.1 Å². The van der Waals surface area contributed by atoms with Gasteiger partial charge in [-0.05, 0) is 30.7 Å². The summed E-state index contributed by atoms with van der Waals surface area (Å²) in [5.74, 6) is 1.47. The molecule has 0 aliphatic heterocycles.